The van der Waals surface area contributed by atoms with E-state index in [9.17, 15) is 4.79 Å². The van der Waals surface area contributed by atoms with Crippen molar-refractivity contribution in [1.29, 1.82) is 0 Å². The predicted octanol–water partition coefficient (Wildman–Crippen LogP) is 1.99. The molecule has 0 radical (unpaired) electrons. The number of rotatable bonds is 3. The average molecular weight is 156 g/mol. The van der Waals surface area contributed by atoms with Crippen molar-refractivity contribution in [2.45, 2.75) is 33.1 Å². The number of carbonyl (C=O) groups excluding carboxylic acids is 1. The lowest BCUT2D eigenvalue weighted by Gasteiger charge is -2.13. The summed E-state index contributed by atoms with van der Waals surface area (Å²) in [6.07, 6.45) is 3.04. The molecule has 0 heterocycles. The highest BCUT2D eigenvalue weighted by atomic mass is 16.5. The number of ether oxygens (including phenoxy) is 1. The summed E-state index contributed by atoms with van der Waals surface area (Å²) in [6.45, 7) is 4.28. The van der Waals surface area contributed by atoms with Gasteiger partial charge in [-0.05, 0) is 25.2 Å². The molecular weight excluding hydrogens is 140 g/mol. The Morgan fingerprint density at radius 1 is 1.55 bits per heavy atom. The molecule has 0 amide bonds. The van der Waals surface area contributed by atoms with Crippen molar-refractivity contribution in [3.05, 3.63) is 0 Å². The van der Waals surface area contributed by atoms with Gasteiger partial charge in [0, 0.05) is 0 Å². The summed E-state index contributed by atoms with van der Waals surface area (Å²) < 4.78 is 4.74. The first-order chi connectivity index (χ1) is 5.10. The maximum absolute atomic E-state index is 11.2. The fourth-order valence-corrected chi connectivity index (χ4v) is 1.64. The van der Waals surface area contributed by atoms with Crippen LogP contribution in [-0.4, -0.2) is 13.1 Å². The van der Waals surface area contributed by atoms with Gasteiger partial charge in [-0.25, -0.2) is 0 Å². The van der Waals surface area contributed by atoms with E-state index >= 15 is 0 Å². The van der Waals surface area contributed by atoms with E-state index in [2.05, 4.69) is 13.8 Å². The largest absolute Gasteiger partial charge is 0.469 e. The molecule has 0 spiro atoms. The first-order valence-corrected chi connectivity index (χ1v) is 4.19. The van der Waals surface area contributed by atoms with Crippen molar-refractivity contribution in [3.8, 4) is 0 Å². The third-order valence-corrected chi connectivity index (χ3v) is 2.27. The molecule has 2 nitrogen and oxygen atoms in total. The van der Waals surface area contributed by atoms with Crippen LogP contribution in [-0.2, 0) is 9.53 Å². The van der Waals surface area contributed by atoms with E-state index in [0.717, 1.165) is 19.3 Å². The summed E-state index contributed by atoms with van der Waals surface area (Å²) in [4.78, 5) is 11.2. The first kappa shape index (κ1) is 8.57. The van der Waals surface area contributed by atoms with Gasteiger partial charge in [0.05, 0.1) is 12.5 Å². The highest BCUT2D eigenvalue weighted by molar-refractivity contribution is 5.79. The molecule has 64 valence electrons. The van der Waals surface area contributed by atoms with Gasteiger partial charge in [-0.15, -0.1) is 0 Å². The summed E-state index contributed by atoms with van der Waals surface area (Å²) in [7, 11) is 1.47. The van der Waals surface area contributed by atoms with E-state index in [1.165, 1.54) is 7.11 Å². The minimum atomic E-state index is -0.0804. The van der Waals surface area contributed by atoms with Crippen LogP contribution >= 0.6 is 0 Å². The van der Waals surface area contributed by atoms with Crippen LogP contribution < -0.4 is 0 Å². The quantitative estimate of drug-likeness (QED) is 0.584. The lowest BCUT2D eigenvalue weighted by atomic mass is 9.94. The lowest BCUT2D eigenvalue weighted by Crippen LogP contribution is -2.19. The van der Waals surface area contributed by atoms with E-state index in [0.29, 0.717) is 5.92 Å². The highest BCUT2D eigenvalue weighted by Crippen LogP contribution is 2.51. The molecular formula is C9H16O2. The molecule has 0 aromatic rings. The zero-order chi connectivity index (χ0) is 8.48. The number of hydrogen-bond acceptors (Lipinski definition) is 2. The molecule has 1 rings (SSSR count). The SMILES string of the molecule is COC(=O)C1(CC(C)C)CC1. The van der Waals surface area contributed by atoms with Crippen LogP contribution in [0.5, 0.6) is 0 Å². The highest BCUT2D eigenvalue weighted by Gasteiger charge is 2.50. The Bertz CT molecular complexity index is 157. The standard InChI is InChI=1S/C9H16O2/c1-7(2)6-9(4-5-9)8(10)11-3/h7H,4-6H2,1-3H3. The monoisotopic (exact) mass is 156 g/mol. The maximum atomic E-state index is 11.2. The van der Waals surface area contributed by atoms with Gasteiger partial charge in [-0.3, -0.25) is 4.79 Å². The maximum Gasteiger partial charge on any atom is 0.311 e. The van der Waals surface area contributed by atoms with Gasteiger partial charge in [0.1, 0.15) is 0 Å². The Kier molecular flexibility index (Phi) is 2.21. The third-order valence-electron chi connectivity index (χ3n) is 2.27. The lowest BCUT2D eigenvalue weighted by molar-refractivity contribution is -0.147. The molecule has 0 unspecified atom stereocenters. The van der Waals surface area contributed by atoms with Crippen LogP contribution in [0.4, 0.5) is 0 Å². The summed E-state index contributed by atoms with van der Waals surface area (Å²) in [5, 5.41) is 0. The summed E-state index contributed by atoms with van der Waals surface area (Å²) >= 11 is 0. The molecule has 1 saturated carbocycles. The molecule has 0 aromatic heterocycles. The second kappa shape index (κ2) is 2.84. The molecule has 2 heteroatoms. The molecule has 0 N–H and O–H groups in total. The van der Waals surface area contributed by atoms with Crippen LogP contribution in [0.25, 0.3) is 0 Å². The zero-order valence-electron chi connectivity index (χ0n) is 7.52. The van der Waals surface area contributed by atoms with Gasteiger partial charge in [0.15, 0.2) is 0 Å². The fourth-order valence-electron chi connectivity index (χ4n) is 1.64. The molecule has 0 saturated heterocycles. The minimum absolute atomic E-state index is 0.00815. The normalized spacial score (nSPS) is 20.0. The topological polar surface area (TPSA) is 26.3 Å². The van der Waals surface area contributed by atoms with Gasteiger partial charge < -0.3 is 4.74 Å². The van der Waals surface area contributed by atoms with Crippen LogP contribution in [0, 0.1) is 11.3 Å². The summed E-state index contributed by atoms with van der Waals surface area (Å²) in [6, 6.07) is 0. The van der Waals surface area contributed by atoms with Crippen molar-refractivity contribution in [3.63, 3.8) is 0 Å². The van der Waals surface area contributed by atoms with Crippen molar-refractivity contribution >= 4 is 5.97 Å². The smallest absolute Gasteiger partial charge is 0.311 e. The van der Waals surface area contributed by atoms with Gasteiger partial charge in [0.25, 0.3) is 0 Å². The summed E-state index contributed by atoms with van der Waals surface area (Å²) in [5.74, 6) is 0.586. The van der Waals surface area contributed by atoms with Crippen LogP contribution in [0.2, 0.25) is 0 Å². The van der Waals surface area contributed by atoms with E-state index in [1.807, 2.05) is 0 Å². The fraction of sp³-hybridized carbons (Fsp3) is 0.889. The molecule has 0 bridgehead atoms. The molecule has 0 aliphatic heterocycles. The predicted molar refractivity (Wildman–Crippen MR) is 43.1 cm³/mol. The Hall–Kier alpha value is -0.530. The Morgan fingerprint density at radius 3 is 2.36 bits per heavy atom. The van der Waals surface area contributed by atoms with Crippen LogP contribution in [0.3, 0.4) is 0 Å². The second-order valence-corrected chi connectivity index (χ2v) is 3.87. The third kappa shape index (κ3) is 1.73. The Labute approximate surface area is 67.9 Å². The van der Waals surface area contributed by atoms with Crippen molar-refractivity contribution in [2.75, 3.05) is 7.11 Å². The van der Waals surface area contributed by atoms with E-state index in [-0.39, 0.29) is 11.4 Å². The Morgan fingerprint density at radius 2 is 2.09 bits per heavy atom. The van der Waals surface area contributed by atoms with Crippen molar-refractivity contribution in [2.24, 2.45) is 11.3 Å². The Balaban J connectivity index is 2.47. The molecule has 1 fully saturated rings. The molecule has 1 aliphatic rings. The first-order valence-electron chi connectivity index (χ1n) is 4.19. The average Bonchev–Trinajstić information content (AvgIpc) is 2.67. The zero-order valence-corrected chi connectivity index (χ0v) is 7.52. The van der Waals surface area contributed by atoms with E-state index < -0.39 is 0 Å². The van der Waals surface area contributed by atoms with Gasteiger partial charge in [-0.2, -0.15) is 0 Å². The molecule has 0 atom stereocenters. The number of methoxy groups -OCH3 is 1. The molecule has 0 aromatic carbocycles. The van der Waals surface area contributed by atoms with Crippen LogP contribution in [0.15, 0.2) is 0 Å². The van der Waals surface area contributed by atoms with Crippen LogP contribution in [0.1, 0.15) is 33.1 Å². The molecule has 1 aliphatic carbocycles. The van der Waals surface area contributed by atoms with Gasteiger partial charge in [-0.1, -0.05) is 13.8 Å². The molecule has 11 heavy (non-hydrogen) atoms. The van der Waals surface area contributed by atoms with Crippen molar-refractivity contribution < 1.29 is 9.53 Å². The number of esters is 1. The van der Waals surface area contributed by atoms with Crippen molar-refractivity contribution in [1.82, 2.24) is 0 Å². The van der Waals surface area contributed by atoms with E-state index in [1.54, 1.807) is 0 Å². The van der Waals surface area contributed by atoms with Gasteiger partial charge in [0.2, 0.25) is 0 Å². The minimum Gasteiger partial charge on any atom is -0.469 e. The number of hydrogen-bond donors (Lipinski definition) is 0. The summed E-state index contributed by atoms with van der Waals surface area (Å²) in [5.41, 5.74) is -0.0804. The van der Waals surface area contributed by atoms with E-state index in [4.69, 9.17) is 4.74 Å². The number of carbonyl (C=O) groups is 1. The van der Waals surface area contributed by atoms with Gasteiger partial charge >= 0.3 is 5.97 Å². The second-order valence-electron chi connectivity index (χ2n) is 3.87.